The van der Waals surface area contributed by atoms with E-state index in [9.17, 15) is 9.90 Å². The molecule has 2 unspecified atom stereocenters. The Morgan fingerprint density at radius 1 is 0.938 bits per heavy atom. The van der Waals surface area contributed by atoms with Crippen LogP contribution in [0.1, 0.15) is 28.7 Å². The normalized spacial score (nSPS) is 19.6. The minimum atomic E-state index is -0.338. The highest BCUT2D eigenvalue weighted by molar-refractivity contribution is 5.90. The number of anilines is 2. The monoisotopic (exact) mass is 427 g/mol. The van der Waals surface area contributed by atoms with E-state index in [2.05, 4.69) is 70.1 Å². The van der Waals surface area contributed by atoms with E-state index in [4.69, 9.17) is 0 Å². The van der Waals surface area contributed by atoms with Gasteiger partial charge in [-0.25, -0.2) is 4.79 Å². The number of aliphatic hydroxyl groups excluding tert-OH is 1. The summed E-state index contributed by atoms with van der Waals surface area (Å²) >= 11 is 0. The third-order valence-electron chi connectivity index (χ3n) is 6.50. The van der Waals surface area contributed by atoms with Crippen molar-refractivity contribution in [3.05, 3.63) is 95.1 Å². The van der Waals surface area contributed by atoms with E-state index in [1.807, 2.05) is 18.2 Å². The molecule has 3 N–H and O–H groups in total. The number of amides is 2. The van der Waals surface area contributed by atoms with Gasteiger partial charge in [0.05, 0.1) is 12.1 Å². The van der Waals surface area contributed by atoms with Crippen molar-refractivity contribution in [3.8, 4) is 0 Å². The molecule has 5 rings (SSSR count). The van der Waals surface area contributed by atoms with Crippen molar-refractivity contribution in [3.63, 3.8) is 0 Å². The molecule has 32 heavy (non-hydrogen) atoms. The number of carbonyl (C=O) groups is 1. The SMILES string of the molecule is O=C(Nc1cccc2c1CC(O)CC2)NC1Cc2ccccc2N(Cc2ccccc2)C1. The van der Waals surface area contributed by atoms with Crippen LogP contribution in [0.4, 0.5) is 16.2 Å². The molecule has 0 radical (unpaired) electrons. The zero-order chi connectivity index (χ0) is 21.9. The number of fused-ring (bicyclic) bond motifs is 2. The van der Waals surface area contributed by atoms with Crippen molar-refractivity contribution in [1.29, 1.82) is 0 Å². The van der Waals surface area contributed by atoms with Crippen molar-refractivity contribution in [2.75, 3.05) is 16.8 Å². The Morgan fingerprint density at radius 3 is 2.59 bits per heavy atom. The molecule has 2 atom stereocenters. The lowest BCUT2D eigenvalue weighted by Crippen LogP contribution is -2.49. The number of nitrogens with one attached hydrogen (secondary N) is 2. The zero-order valence-corrected chi connectivity index (χ0v) is 18.1. The number of para-hydroxylation sites is 1. The lowest BCUT2D eigenvalue weighted by Gasteiger charge is -2.36. The Bertz CT molecular complexity index is 1100. The highest BCUT2D eigenvalue weighted by Crippen LogP contribution is 2.30. The predicted octanol–water partition coefficient (Wildman–Crippen LogP) is 4.29. The Labute approximate surface area is 189 Å². The molecule has 3 aromatic carbocycles. The summed E-state index contributed by atoms with van der Waals surface area (Å²) in [6, 6.07) is 24.7. The van der Waals surface area contributed by atoms with Crippen molar-refractivity contribution >= 4 is 17.4 Å². The highest BCUT2D eigenvalue weighted by atomic mass is 16.3. The molecule has 2 aliphatic rings. The number of hydrogen-bond donors (Lipinski definition) is 3. The molecular weight excluding hydrogens is 398 g/mol. The first-order valence-corrected chi connectivity index (χ1v) is 11.4. The predicted molar refractivity (Wildman–Crippen MR) is 128 cm³/mol. The van der Waals surface area contributed by atoms with Crippen LogP contribution in [-0.4, -0.2) is 29.8 Å². The standard InChI is InChI=1S/C27H29N3O2/c31-23-14-13-20-10-6-11-25(24(20)16-23)29-27(32)28-22-15-21-9-4-5-12-26(21)30(18-22)17-19-7-2-1-3-8-19/h1-12,22-23,31H,13-18H2,(H2,28,29,32). The van der Waals surface area contributed by atoms with E-state index in [1.54, 1.807) is 0 Å². The summed E-state index contributed by atoms with van der Waals surface area (Å²) in [5.74, 6) is 0. The van der Waals surface area contributed by atoms with Crippen LogP contribution in [0.15, 0.2) is 72.8 Å². The van der Waals surface area contributed by atoms with E-state index >= 15 is 0 Å². The molecule has 1 heterocycles. The van der Waals surface area contributed by atoms with Crippen LogP contribution in [0.3, 0.4) is 0 Å². The van der Waals surface area contributed by atoms with Gasteiger partial charge in [0.2, 0.25) is 0 Å². The van der Waals surface area contributed by atoms with Gasteiger partial charge in [-0.05, 0) is 53.6 Å². The number of aryl methyl sites for hydroxylation is 1. The van der Waals surface area contributed by atoms with Gasteiger partial charge in [-0.3, -0.25) is 0 Å². The lowest BCUT2D eigenvalue weighted by molar-refractivity contribution is 0.159. The van der Waals surface area contributed by atoms with E-state index in [-0.39, 0.29) is 18.2 Å². The van der Waals surface area contributed by atoms with Gasteiger partial charge in [-0.15, -0.1) is 0 Å². The first-order chi connectivity index (χ1) is 15.7. The quantitative estimate of drug-likeness (QED) is 0.582. The molecule has 164 valence electrons. The molecule has 0 saturated heterocycles. The van der Waals surface area contributed by atoms with Gasteiger partial charge in [-0.1, -0.05) is 60.7 Å². The summed E-state index contributed by atoms with van der Waals surface area (Å²) in [5.41, 5.74) is 6.81. The molecular formula is C27H29N3O2. The van der Waals surface area contributed by atoms with Crippen molar-refractivity contribution in [1.82, 2.24) is 5.32 Å². The topological polar surface area (TPSA) is 64.6 Å². The largest absolute Gasteiger partial charge is 0.393 e. The smallest absolute Gasteiger partial charge is 0.319 e. The van der Waals surface area contributed by atoms with Crippen LogP contribution >= 0.6 is 0 Å². The first kappa shape index (κ1) is 20.6. The summed E-state index contributed by atoms with van der Waals surface area (Å²) in [7, 11) is 0. The summed E-state index contributed by atoms with van der Waals surface area (Å²) in [6.07, 6.45) is 2.69. The number of hydrogen-bond acceptors (Lipinski definition) is 3. The first-order valence-electron chi connectivity index (χ1n) is 11.4. The van der Waals surface area contributed by atoms with Gasteiger partial charge in [0.15, 0.2) is 0 Å². The van der Waals surface area contributed by atoms with Crippen molar-refractivity contribution in [2.45, 2.75) is 44.4 Å². The Kier molecular flexibility index (Phi) is 5.82. The van der Waals surface area contributed by atoms with E-state index in [0.29, 0.717) is 6.42 Å². The van der Waals surface area contributed by atoms with Crippen molar-refractivity contribution in [2.24, 2.45) is 0 Å². The molecule has 5 nitrogen and oxygen atoms in total. The molecule has 0 saturated carbocycles. The average molecular weight is 428 g/mol. The molecule has 1 aliphatic heterocycles. The van der Waals surface area contributed by atoms with Crippen LogP contribution in [0.25, 0.3) is 0 Å². The van der Waals surface area contributed by atoms with Crippen molar-refractivity contribution < 1.29 is 9.90 Å². The van der Waals surface area contributed by atoms with Gasteiger partial charge in [0, 0.05) is 30.9 Å². The van der Waals surface area contributed by atoms with Gasteiger partial charge >= 0.3 is 6.03 Å². The second-order valence-electron chi connectivity index (χ2n) is 8.83. The zero-order valence-electron chi connectivity index (χ0n) is 18.1. The maximum Gasteiger partial charge on any atom is 0.319 e. The number of benzene rings is 3. The van der Waals surface area contributed by atoms with Crippen LogP contribution in [0.2, 0.25) is 0 Å². The summed E-state index contributed by atoms with van der Waals surface area (Å²) < 4.78 is 0. The Hall–Kier alpha value is -3.31. The van der Waals surface area contributed by atoms with Crippen LogP contribution in [0, 0.1) is 0 Å². The van der Waals surface area contributed by atoms with Crippen LogP contribution < -0.4 is 15.5 Å². The summed E-state index contributed by atoms with van der Waals surface area (Å²) in [5, 5.41) is 16.3. The molecule has 1 aliphatic carbocycles. The maximum atomic E-state index is 12.9. The Morgan fingerprint density at radius 2 is 1.72 bits per heavy atom. The third-order valence-corrected chi connectivity index (χ3v) is 6.50. The lowest BCUT2D eigenvalue weighted by atomic mass is 9.88. The number of rotatable bonds is 4. The minimum absolute atomic E-state index is 0.0127. The Balaban J connectivity index is 1.30. The number of carbonyl (C=O) groups excluding carboxylic acids is 1. The number of urea groups is 1. The fraction of sp³-hybridized carbons (Fsp3) is 0.296. The molecule has 0 spiro atoms. The van der Waals surface area contributed by atoms with Crippen LogP contribution in [-0.2, 0) is 25.8 Å². The van der Waals surface area contributed by atoms with E-state index in [0.717, 1.165) is 43.6 Å². The van der Waals surface area contributed by atoms with Gasteiger partial charge in [-0.2, -0.15) is 0 Å². The highest BCUT2D eigenvalue weighted by Gasteiger charge is 2.26. The molecule has 0 bridgehead atoms. The second kappa shape index (κ2) is 9.05. The molecule has 2 amide bonds. The summed E-state index contributed by atoms with van der Waals surface area (Å²) in [4.78, 5) is 15.3. The van der Waals surface area contributed by atoms with Crippen LogP contribution in [0.5, 0.6) is 0 Å². The van der Waals surface area contributed by atoms with Gasteiger partial charge in [0.1, 0.15) is 0 Å². The third kappa shape index (κ3) is 4.48. The second-order valence-corrected chi connectivity index (χ2v) is 8.83. The molecule has 5 heteroatoms. The van der Waals surface area contributed by atoms with Gasteiger partial charge < -0.3 is 20.6 Å². The molecule has 0 aromatic heterocycles. The van der Waals surface area contributed by atoms with Gasteiger partial charge in [0.25, 0.3) is 0 Å². The molecule has 3 aromatic rings. The maximum absolute atomic E-state index is 12.9. The minimum Gasteiger partial charge on any atom is -0.393 e. The average Bonchev–Trinajstić information content (AvgIpc) is 2.80. The summed E-state index contributed by atoms with van der Waals surface area (Å²) in [6.45, 7) is 1.56. The fourth-order valence-electron chi connectivity index (χ4n) is 4.97. The number of aliphatic hydroxyl groups is 1. The van der Waals surface area contributed by atoms with E-state index < -0.39 is 0 Å². The van der Waals surface area contributed by atoms with E-state index in [1.165, 1.54) is 22.4 Å². The molecule has 0 fully saturated rings. The number of nitrogens with zero attached hydrogens (tertiary/aromatic N) is 1. The fourth-order valence-corrected chi connectivity index (χ4v) is 4.97.